The number of carboxylic acid groups (broad SMARTS) is 1. The molecule has 0 aliphatic heterocycles. The Labute approximate surface area is 105 Å². The van der Waals surface area contributed by atoms with Crippen molar-refractivity contribution < 1.29 is 28.2 Å². The molecule has 0 aliphatic rings. The highest BCUT2D eigenvalue weighted by Crippen LogP contribution is 1.83. The van der Waals surface area contributed by atoms with Gasteiger partial charge in [-0.1, -0.05) is 0 Å². The molecule has 0 aromatic carbocycles. The maximum atomic E-state index is 11.1. The van der Waals surface area contributed by atoms with E-state index in [0.717, 1.165) is 6.26 Å². The molecule has 0 spiro atoms. The largest absolute Gasteiger partial charge is 0.480 e. The van der Waals surface area contributed by atoms with E-state index in [9.17, 15) is 18.0 Å². The number of hydrogen-bond donors (Lipinski definition) is 5. The van der Waals surface area contributed by atoms with Gasteiger partial charge in [0.15, 0.2) is 6.04 Å². The molecule has 0 aromatic heterocycles. The van der Waals surface area contributed by atoms with E-state index < -0.39 is 34.7 Å². The summed E-state index contributed by atoms with van der Waals surface area (Å²) in [4.78, 5) is 21.6. The standard InChI is InChI=1S/C8H17N3O6S/c1-18(16,17)10-4-2-3-9-8(15)11-6(5-12)7(13)14/h6,10,12H,2-5H2,1H3,(H,13,14)(H2,9,11,15). The van der Waals surface area contributed by atoms with E-state index in [0.29, 0.717) is 6.42 Å². The number of nitrogens with one attached hydrogen (secondary N) is 3. The molecule has 0 fully saturated rings. The van der Waals surface area contributed by atoms with Crippen LogP contribution in [-0.4, -0.2) is 62.6 Å². The van der Waals surface area contributed by atoms with Crippen molar-refractivity contribution in [1.82, 2.24) is 15.4 Å². The number of carboxylic acids is 1. The van der Waals surface area contributed by atoms with Gasteiger partial charge in [-0.05, 0) is 6.42 Å². The lowest BCUT2D eigenvalue weighted by molar-refractivity contribution is -0.140. The van der Waals surface area contributed by atoms with E-state index in [2.05, 4.69) is 10.0 Å². The molecule has 0 heterocycles. The van der Waals surface area contributed by atoms with Gasteiger partial charge in [0.25, 0.3) is 0 Å². The highest BCUT2D eigenvalue weighted by molar-refractivity contribution is 7.88. The molecule has 0 aromatic rings. The molecule has 18 heavy (non-hydrogen) atoms. The highest BCUT2D eigenvalue weighted by atomic mass is 32.2. The molecule has 0 saturated heterocycles. The van der Waals surface area contributed by atoms with E-state index in [1.54, 1.807) is 0 Å². The summed E-state index contributed by atoms with van der Waals surface area (Å²) in [6.07, 6.45) is 1.38. The summed E-state index contributed by atoms with van der Waals surface area (Å²) in [5.41, 5.74) is 0. The molecule has 1 atom stereocenters. The van der Waals surface area contributed by atoms with Crippen molar-refractivity contribution in [2.75, 3.05) is 26.0 Å². The first-order valence-corrected chi connectivity index (χ1v) is 6.98. The van der Waals surface area contributed by atoms with Crippen LogP contribution in [0.25, 0.3) is 0 Å². The fraction of sp³-hybridized carbons (Fsp3) is 0.750. The Hall–Kier alpha value is -1.39. The molecule has 0 rings (SSSR count). The van der Waals surface area contributed by atoms with Gasteiger partial charge in [0.05, 0.1) is 12.9 Å². The summed E-state index contributed by atoms with van der Waals surface area (Å²) in [7, 11) is -3.25. The molecule has 0 aliphatic carbocycles. The van der Waals surface area contributed by atoms with Crippen molar-refractivity contribution >= 4 is 22.0 Å². The second-order valence-electron chi connectivity index (χ2n) is 3.49. The number of amides is 2. The van der Waals surface area contributed by atoms with Crippen LogP contribution >= 0.6 is 0 Å². The molecule has 0 bridgehead atoms. The van der Waals surface area contributed by atoms with Crippen LogP contribution in [0, 0.1) is 0 Å². The van der Waals surface area contributed by atoms with Gasteiger partial charge in [0, 0.05) is 13.1 Å². The van der Waals surface area contributed by atoms with Crippen LogP contribution < -0.4 is 15.4 Å². The van der Waals surface area contributed by atoms with Crippen LogP contribution in [0.1, 0.15) is 6.42 Å². The normalized spacial score (nSPS) is 12.8. The number of rotatable bonds is 8. The van der Waals surface area contributed by atoms with Crippen LogP contribution in [-0.2, 0) is 14.8 Å². The summed E-state index contributed by atoms with van der Waals surface area (Å²) in [6, 6.07) is -2.10. The maximum absolute atomic E-state index is 11.1. The van der Waals surface area contributed by atoms with Gasteiger partial charge in [-0.25, -0.2) is 22.7 Å². The van der Waals surface area contributed by atoms with Crippen molar-refractivity contribution in [1.29, 1.82) is 0 Å². The average molecular weight is 283 g/mol. The van der Waals surface area contributed by atoms with Crippen LogP contribution in [0.4, 0.5) is 4.79 Å². The predicted octanol–water partition coefficient (Wildman–Crippen LogP) is -2.33. The predicted molar refractivity (Wildman–Crippen MR) is 62.5 cm³/mol. The highest BCUT2D eigenvalue weighted by Gasteiger charge is 2.17. The van der Waals surface area contributed by atoms with Gasteiger partial charge in [-0.15, -0.1) is 0 Å². The van der Waals surface area contributed by atoms with Crippen molar-refractivity contribution in [3.05, 3.63) is 0 Å². The molecule has 0 radical (unpaired) electrons. The summed E-state index contributed by atoms with van der Waals surface area (Å²) in [5.74, 6) is -1.34. The minimum absolute atomic E-state index is 0.168. The van der Waals surface area contributed by atoms with E-state index in [1.807, 2.05) is 5.32 Å². The number of carbonyl (C=O) groups is 2. The Balaban J connectivity index is 3.75. The van der Waals surface area contributed by atoms with Gasteiger partial charge >= 0.3 is 12.0 Å². The first-order chi connectivity index (χ1) is 8.26. The van der Waals surface area contributed by atoms with Crippen molar-refractivity contribution in [2.45, 2.75) is 12.5 Å². The molecular formula is C8H17N3O6S. The number of hydrogen-bond acceptors (Lipinski definition) is 5. The van der Waals surface area contributed by atoms with Gasteiger partial charge in [0.2, 0.25) is 10.0 Å². The van der Waals surface area contributed by atoms with Crippen LogP contribution in [0.15, 0.2) is 0 Å². The van der Waals surface area contributed by atoms with Gasteiger partial charge in [-0.2, -0.15) is 0 Å². The molecule has 10 heteroatoms. The molecule has 2 amide bonds. The molecule has 1 unspecified atom stereocenters. The van der Waals surface area contributed by atoms with Crippen molar-refractivity contribution in [3.8, 4) is 0 Å². The third-order valence-electron chi connectivity index (χ3n) is 1.79. The Bertz CT molecular complexity index is 382. The molecule has 9 nitrogen and oxygen atoms in total. The van der Waals surface area contributed by atoms with Crippen LogP contribution in [0.5, 0.6) is 0 Å². The van der Waals surface area contributed by atoms with Gasteiger partial charge < -0.3 is 20.8 Å². The zero-order valence-electron chi connectivity index (χ0n) is 9.84. The van der Waals surface area contributed by atoms with Crippen LogP contribution in [0.3, 0.4) is 0 Å². The number of sulfonamides is 1. The maximum Gasteiger partial charge on any atom is 0.328 e. The number of aliphatic hydroxyl groups excluding tert-OH is 1. The average Bonchev–Trinajstić information content (AvgIpc) is 2.23. The van der Waals surface area contributed by atoms with E-state index in [1.165, 1.54) is 0 Å². The van der Waals surface area contributed by atoms with Gasteiger partial charge in [-0.3, -0.25) is 0 Å². The fourth-order valence-corrected chi connectivity index (χ4v) is 1.46. The minimum atomic E-state index is -3.25. The molecule has 5 N–H and O–H groups in total. The topological polar surface area (TPSA) is 145 Å². The van der Waals surface area contributed by atoms with E-state index in [4.69, 9.17) is 10.2 Å². The van der Waals surface area contributed by atoms with E-state index >= 15 is 0 Å². The van der Waals surface area contributed by atoms with Crippen LogP contribution in [0.2, 0.25) is 0 Å². The molecular weight excluding hydrogens is 266 g/mol. The van der Waals surface area contributed by atoms with E-state index in [-0.39, 0.29) is 13.1 Å². The first-order valence-electron chi connectivity index (χ1n) is 5.09. The summed E-state index contributed by atoms with van der Waals surface area (Å²) in [6.45, 7) is -0.369. The first kappa shape index (κ1) is 16.6. The second-order valence-corrected chi connectivity index (χ2v) is 5.33. The number of aliphatic carboxylic acids is 1. The van der Waals surface area contributed by atoms with Crippen molar-refractivity contribution in [3.63, 3.8) is 0 Å². The number of aliphatic hydroxyl groups is 1. The summed E-state index contributed by atoms with van der Waals surface area (Å²) >= 11 is 0. The third kappa shape index (κ3) is 8.73. The zero-order chi connectivity index (χ0) is 14.2. The monoisotopic (exact) mass is 283 g/mol. The lowest BCUT2D eigenvalue weighted by atomic mass is 10.3. The second kappa shape index (κ2) is 7.84. The Kier molecular flexibility index (Phi) is 7.24. The summed E-state index contributed by atoms with van der Waals surface area (Å²) in [5, 5.41) is 21.6. The quantitative estimate of drug-likeness (QED) is 0.316. The number of carbonyl (C=O) groups excluding carboxylic acids is 1. The zero-order valence-corrected chi connectivity index (χ0v) is 10.7. The molecule has 106 valence electrons. The lowest BCUT2D eigenvalue weighted by Crippen LogP contribution is -2.48. The lowest BCUT2D eigenvalue weighted by Gasteiger charge is -2.12. The van der Waals surface area contributed by atoms with Crippen molar-refractivity contribution in [2.24, 2.45) is 0 Å². The SMILES string of the molecule is CS(=O)(=O)NCCCNC(=O)NC(CO)C(=O)O. The number of urea groups is 1. The smallest absolute Gasteiger partial charge is 0.328 e. The van der Waals surface area contributed by atoms with Gasteiger partial charge in [0.1, 0.15) is 0 Å². The Morgan fingerprint density at radius 3 is 2.33 bits per heavy atom. The third-order valence-corrected chi connectivity index (χ3v) is 2.52. The Morgan fingerprint density at radius 1 is 1.28 bits per heavy atom. The fourth-order valence-electron chi connectivity index (χ4n) is 0.943. The Morgan fingerprint density at radius 2 is 1.89 bits per heavy atom. The minimum Gasteiger partial charge on any atom is -0.480 e. The molecule has 0 saturated carbocycles. The summed E-state index contributed by atoms with van der Waals surface area (Å²) < 4.78 is 23.6.